The van der Waals surface area contributed by atoms with Crippen LogP contribution in [0, 0.1) is 20.8 Å². The SMILES string of the molecule is Cc1coc(C)c1CNc1cc(C(=O)N(C)C)cc2c1nc(C)n2C. The molecule has 0 atom stereocenters. The molecule has 25 heavy (non-hydrogen) atoms. The molecule has 6 nitrogen and oxygen atoms in total. The molecule has 0 saturated heterocycles. The molecule has 3 aromatic rings. The monoisotopic (exact) mass is 340 g/mol. The molecule has 0 saturated carbocycles. The van der Waals surface area contributed by atoms with Crippen molar-refractivity contribution in [2.24, 2.45) is 7.05 Å². The van der Waals surface area contributed by atoms with E-state index in [0.717, 1.165) is 39.4 Å². The Morgan fingerprint density at radius 1 is 1.28 bits per heavy atom. The van der Waals surface area contributed by atoms with Crippen LogP contribution in [0.15, 0.2) is 22.8 Å². The Labute approximate surface area is 147 Å². The number of anilines is 1. The summed E-state index contributed by atoms with van der Waals surface area (Å²) in [5.74, 6) is 1.78. The van der Waals surface area contributed by atoms with Gasteiger partial charge in [0.05, 0.1) is 17.5 Å². The highest BCUT2D eigenvalue weighted by atomic mass is 16.3. The summed E-state index contributed by atoms with van der Waals surface area (Å²) in [5, 5.41) is 3.44. The standard InChI is InChI=1S/C19H24N4O2/c1-11-10-25-12(2)15(11)9-20-16-7-14(19(24)22(4)5)8-17-18(16)21-13(3)23(17)6/h7-8,10,20H,9H2,1-6H3. The molecule has 0 unspecified atom stereocenters. The Bertz CT molecular complexity index is 931. The number of aromatic nitrogens is 2. The Balaban J connectivity index is 2.06. The van der Waals surface area contributed by atoms with E-state index in [4.69, 9.17) is 4.42 Å². The third-order valence-corrected chi connectivity index (χ3v) is 4.63. The third kappa shape index (κ3) is 2.99. The molecule has 0 radical (unpaired) electrons. The number of amides is 1. The van der Waals surface area contributed by atoms with Crippen LogP contribution in [0.1, 0.15) is 33.1 Å². The van der Waals surface area contributed by atoms with Crippen LogP contribution in [0.25, 0.3) is 11.0 Å². The molecule has 0 bridgehead atoms. The molecular formula is C19H24N4O2. The maximum Gasteiger partial charge on any atom is 0.253 e. The summed E-state index contributed by atoms with van der Waals surface area (Å²) in [7, 11) is 5.47. The van der Waals surface area contributed by atoms with E-state index in [1.54, 1.807) is 25.3 Å². The maximum absolute atomic E-state index is 12.5. The average molecular weight is 340 g/mol. The van der Waals surface area contributed by atoms with Crippen LogP contribution in [-0.2, 0) is 13.6 Å². The Hall–Kier alpha value is -2.76. The second kappa shape index (κ2) is 6.27. The number of furan rings is 1. The number of benzene rings is 1. The summed E-state index contributed by atoms with van der Waals surface area (Å²) in [6.07, 6.45) is 1.76. The van der Waals surface area contributed by atoms with Crippen molar-refractivity contribution in [3.63, 3.8) is 0 Å². The third-order valence-electron chi connectivity index (χ3n) is 4.63. The lowest BCUT2D eigenvalue weighted by Gasteiger charge is -2.13. The quantitative estimate of drug-likeness (QED) is 0.790. The van der Waals surface area contributed by atoms with Gasteiger partial charge in [0.2, 0.25) is 0 Å². The number of carbonyl (C=O) groups excluding carboxylic acids is 1. The molecule has 0 aliphatic carbocycles. The van der Waals surface area contributed by atoms with Crippen molar-refractivity contribution in [1.29, 1.82) is 0 Å². The first-order valence-electron chi connectivity index (χ1n) is 8.25. The highest BCUT2D eigenvalue weighted by Crippen LogP contribution is 2.27. The van der Waals surface area contributed by atoms with E-state index in [0.29, 0.717) is 12.1 Å². The van der Waals surface area contributed by atoms with Crippen LogP contribution in [0.5, 0.6) is 0 Å². The molecule has 132 valence electrons. The van der Waals surface area contributed by atoms with Gasteiger partial charge in [-0.1, -0.05) is 0 Å². The van der Waals surface area contributed by atoms with Gasteiger partial charge < -0.3 is 19.2 Å². The molecule has 6 heteroatoms. The predicted molar refractivity (Wildman–Crippen MR) is 99.0 cm³/mol. The van der Waals surface area contributed by atoms with E-state index in [1.165, 1.54) is 0 Å². The molecule has 1 amide bonds. The van der Waals surface area contributed by atoms with Gasteiger partial charge >= 0.3 is 0 Å². The summed E-state index contributed by atoms with van der Waals surface area (Å²) in [4.78, 5) is 18.7. The number of carbonyl (C=O) groups is 1. The van der Waals surface area contributed by atoms with E-state index in [1.807, 2.05) is 44.5 Å². The number of hydrogen-bond acceptors (Lipinski definition) is 4. The number of nitrogens with zero attached hydrogens (tertiary/aromatic N) is 3. The Morgan fingerprint density at radius 2 is 2.00 bits per heavy atom. The van der Waals surface area contributed by atoms with Gasteiger partial charge in [-0.05, 0) is 38.5 Å². The molecule has 0 aliphatic heterocycles. The van der Waals surface area contributed by atoms with Gasteiger partial charge in [0.15, 0.2) is 0 Å². The second-order valence-corrected chi connectivity index (χ2v) is 6.62. The highest BCUT2D eigenvalue weighted by molar-refractivity contribution is 6.01. The number of hydrogen-bond donors (Lipinski definition) is 1. The van der Waals surface area contributed by atoms with Gasteiger partial charge in [0.25, 0.3) is 5.91 Å². The van der Waals surface area contributed by atoms with Gasteiger partial charge in [-0.25, -0.2) is 4.98 Å². The number of imidazole rings is 1. The number of fused-ring (bicyclic) bond motifs is 1. The lowest BCUT2D eigenvalue weighted by molar-refractivity contribution is 0.0828. The molecule has 0 fully saturated rings. The zero-order valence-corrected chi connectivity index (χ0v) is 15.6. The number of nitrogens with one attached hydrogen (secondary N) is 1. The topological polar surface area (TPSA) is 63.3 Å². The molecule has 3 rings (SSSR count). The van der Waals surface area contributed by atoms with Crippen molar-refractivity contribution in [2.75, 3.05) is 19.4 Å². The van der Waals surface area contributed by atoms with Crippen molar-refractivity contribution in [2.45, 2.75) is 27.3 Å². The van der Waals surface area contributed by atoms with Crippen LogP contribution in [0.4, 0.5) is 5.69 Å². The van der Waals surface area contributed by atoms with E-state index in [-0.39, 0.29) is 5.91 Å². The zero-order chi connectivity index (χ0) is 18.3. The van der Waals surface area contributed by atoms with E-state index < -0.39 is 0 Å². The van der Waals surface area contributed by atoms with Gasteiger partial charge in [0, 0.05) is 38.8 Å². The first-order chi connectivity index (χ1) is 11.8. The normalized spacial score (nSPS) is 11.1. The summed E-state index contributed by atoms with van der Waals surface area (Å²) in [6.45, 7) is 6.57. The summed E-state index contributed by atoms with van der Waals surface area (Å²) in [5.41, 5.74) is 5.54. The molecule has 0 aliphatic rings. The minimum atomic E-state index is -0.0283. The first-order valence-corrected chi connectivity index (χ1v) is 8.25. The van der Waals surface area contributed by atoms with Crippen LogP contribution in [0.3, 0.4) is 0 Å². The molecule has 2 aromatic heterocycles. The largest absolute Gasteiger partial charge is 0.469 e. The number of aryl methyl sites for hydroxylation is 4. The van der Waals surface area contributed by atoms with Crippen molar-refractivity contribution in [1.82, 2.24) is 14.5 Å². The second-order valence-electron chi connectivity index (χ2n) is 6.62. The highest BCUT2D eigenvalue weighted by Gasteiger charge is 2.16. The Morgan fingerprint density at radius 3 is 2.60 bits per heavy atom. The van der Waals surface area contributed by atoms with Crippen LogP contribution in [-0.4, -0.2) is 34.5 Å². The summed E-state index contributed by atoms with van der Waals surface area (Å²) in [6, 6.07) is 3.78. The van der Waals surface area contributed by atoms with Gasteiger partial charge in [-0.3, -0.25) is 4.79 Å². The fourth-order valence-electron chi connectivity index (χ4n) is 2.96. The molecule has 2 heterocycles. The summed E-state index contributed by atoms with van der Waals surface area (Å²) >= 11 is 0. The van der Waals surface area contributed by atoms with Crippen LogP contribution >= 0.6 is 0 Å². The Kier molecular flexibility index (Phi) is 4.29. The summed E-state index contributed by atoms with van der Waals surface area (Å²) < 4.78 is 7.47. The predicted octanol–water partition coefficient (Wildman–Crippen LogP) is 3.41. The minimum Gasteiger partial charge on any atom is -0.469 e. The van der Waals surface area contributed by atoms with E-state index >= 15 is 0 Å². The fourth-order valence-corrected chi connectivity index (χ4v) is 2.96. The van der Waals surface area contributed by atoms with E-state index in [2.05, 4.69) is 10.3 Å². The van der Waals surface area contributed by atoms with E-state index in [9.17, 15) is 4.79 Å². The fraction of sp³-hybridized carbons (Fsp3) is 0.368. The van der Waals surface area contributed by atoms with Crippen molar-refractivity contribution in [3.8, 4) is 0 Å². The van der Waals surface area contributed by atoms with Crippen molar-refractivity contribution in [3.05, 3.63) is 46.7 Å². The zero-order valence-electron chi connectivity index (χ0n) is 15.6. The lowest BCUT2D eigenvalue weighted by Crippen LogP contribution is -2.21. The maximum atomic E-state index is 12.5. The van der Waals surface area contributed by atoms with Gasteiger partial charge in [-0.15, -0.1) is 0 Å². The first kappa shape index (κ1) is 17.1. The molecule has 1 aromatic carbocycles. The average Bonchev–Trinajstić information content (AvgIpc) is 3.04. The van der Waals surface area contributed by atoms with Crippen molar-refractivity contribution >= 4 is 22.6 Å². The lowest BCUT2D eigenvalue weighted by atomic mass is 10.1. The molecule has 0 spiro atoms. The number of rotatable bonds is 4. The molecular weight excluding hydrogens is 316 g/mol. The smallest absolute Gasteiger partial charge is 0.253 e. The minimum absolute atomic E-state index is 0.0283. The van der Waals surface area contributed by atoms with Gasteiger partial charge in [0.1, 0.15) is 17.1 Å². The van der Waals surface area contributed by atoms with Crippen LogP contribution in [0.2, 0.25) is 0 Å². The molecule has 1 N–H and O–H groups in total. The van der Waals surface area contributed by atoms with Crippen LogP contribution < -0.4 is 5.32 Å². The van der Waals surface area contributed by atoms with Gasteiger partial charge in [-0.2, -0.15) is 0 Å². The van der Waals surface area contributed by atoms with Crippen molar-refractivity contribution < 1.29 is 9.21 Å².